The predicted molar refractivity (Wildman–Crippen MR) is 59.7 cm³/mol. The van der Waals surface area contributed by atoms with Gasteiger partial charge in [0.1, 0.15) is 0 Å². The van der Waals surface area contributed by atoms with Gasteiger partial charge in [-0.15, -0.1) is 0 Å². The molecule has 2 nitrogen and oxygen atoms in total. The fourth-order valence-corrected chi connectivity index (χ4v) is 3.52. The molecule has 0 aromatic heterocycles. The highest BCUT2D eigenvalue weighted by Crippen LogP contribution is 2.25. The lowest BCUT2D eigenvalue weighted by molar-refractivity contribution is 0.521. The van der Waals surface area contributed by atoms with E-state index in [-0.39, 0.29) is 5.25 Å². The zero-order valence-electron chi connectivity index (χ0n) is 8.27. The largest absolute Gasteiger partial charge is 0.312 e. The van der Waals surface area contributed by atoms with Crippen molar-refractivity contribution in [2.24, 2.45) is 0 Å². The lowest BCUT2D eigenvalue weighted by atomic mass is 10.1. The Morgan fingerprint density at radius 1 is 1.36 bits per heavy atom. The van der Waals surface area contributed by atoms with E-state index < -0.39 is 10.8 Å². The minimum atomic E-state index is -0.722. The molecule has 1 heterocycles. The van der Waals surface area contributed by atoms with Gasteiger partial charge in [0.2, 0.25) is 0 Å². The molecule has 1 saturated heterocycles. The number of rotatable bonds is 1. The SMILES string of the molecule is CC1NCCS(=O)C1c1ccccc1. The van der Waals surface area contributed by atoms with Gasteiger partial charge in [-0.1, -0.05) is 30.3 Å². The van der Waals surface area contributed by atoms with Crippen molar-refractivity contribution in [1.82, 2.24) is 5.32 Å². The van der Waals surface area contributed by atoms with Crippen LogP contribution in [0.5, 0.6) is 0 Å². The fraction of sp³-hybridized carbons (Fsp3) is 0.455. The molecule has 3 heteroatoms. The lowest BCUT2D eigenvalue weighted by Crippen LogP contribution is -2.42. The van der Waals surface area contributed by atoms with Crippen molar-refractivity contribution in [3.63, 3.8) is 0 Å². The summed E-state index contributed by atoms with van der Waals surface area (Å²) in [6, 6.07) is 10.4. The first-order valence-corrected chi connectivity index (χ1v) is 6.33. The topological polar surface area (TPSA) is 29.1 Å². The first kappa shape index (κ1) is 9.87. The molecule has 1 aliphatic heterocycles. The van der Waals surface area contributed by atoms with Crippen LogP contribution in [0.25, 0.3) is 0 Å². The summed E-state index contributed by atoms with van der Waals surface area (Å²) in [6.45, 7) is 2.98. The summed E-state index contributed by atoms with van der Waals surface area (Å²) >= 11 is 0. The molecule has 2 rings (SSSR count). The number of nitrogens with one attached hydrogen (secondary N) is 1. The number of hydrogen-bond donors (Lipinski definition) is 1. The molecule has 1 fully saturated rings. The molecule has 0 saturated carbocycles. The van der Waals surface area contributed by atoms with Gasteiger partial charge in [0.25, 0.3) is 0 Å². The third-order valence-electron chi connectivity index (χ3n) is 2.64. The van der Waals surface area contributed by atoms with E-state index >= 15 is 0 Å². The molecule has 76 valence electrons. The van der Waals surface area contributed by atoms with Gasteiger partial charge in [-0.3, -0.25) is 4.21 Å². The summed E-state index contributed by atoms with van der Waals surface area (Å²) in [5, 5.41) is 3.53. The van der Waals surface area contributed by atoms with Crippen LogP contribution in [0.3, 0.4) is 0 Å². The Bertz CT molecular complexity index is 325. The summed E-state index contributed by atoms with van der Waals surface area (Å²) in [6.07, 6.45) is 0. The molecule has 3 atom stereocenters. The van der Waals surface area contributed by atoms with Crippen LogP contribution in [0.15, 0.2) is 30.3 Å². The van der Waals surface area contributed by atoms with Crippen LogP contribution in [0.2, 0.25) is 0 Å². The van der Waals surface area contributed by atoms with Gasteiger partial charge in [-0.2, -0.15) is 0 Å². The third kappa shape index (κ3) is 1.88. The molecular weight excluding hydrogens is 194 g/mol. The van der Waals surface area contributed by atoms with Gasteiger partial charge in [-0.05, 0) is 12.5 Å². The number of hydrogen-bond acceptors (Lipinski definition) is 2. The molecule has 1 N–H and O–H groups in total. The standard InChI is InChI=1S/C11H15NOS/c1-9-11(14(13)8-7-12-9)10-5-3-2-4-6-10/h2-6,9,11-12H,7-8H2,1H3. The van der Waals surface area contributed by atoms with Gasteiger partial charge >= 0.3 is 0 Å². The van der Waals surface area contributed by atoms with Crippen molar-refractivity contribution in [2.75, 3.05) is 12.3 Å². The molecule has 0 aliphatic carbocycles. The van der Waals surface area contributed by atoms with E-state index in [2.05, 4.69) is 24.4 Å². The minimum absolute atomic E-state index is 0.157. The summed E-state index contributed by atoms with van der Waals surface area (Å²) in [4.78, 5) is 0. The normalized spacial score (nSPS) is 32.8. The van der Waals surface area contributed by atoms with Gasteiger partial charge in [0, 0.05) is 29.1 Å². The van der Waals surface area contributed by atoms with Crippen molar-refractivity contribution < 1.29 is 4.21 Å². The van der Waals surface area contributed by atoms with E-state index in [9.17, 15) is 4.21 Å². The molecule has 1 aromatic rings. The van der Waals surface area contributed by atoms with Crippen LogP contribution in [-0.2, 0) is 10.8 Å². The highest BCUT2D eigenvalue weighted by atomic mass is 32.2. The average Bonchev–Trinajstić information content (AvgIpc) is 2.19. The maximum absolute atomic E-state index is 11.9. The first-order chi connectivity index (χ1) is 6.79. The Labute approximate surface area is 87.2 Å². The molecule has 0 radical (unpaired) electrons. The Kier molecular flexibility index (Phi) is 2.99. The molecule has 1 aliphatic rings. The van der Waals surface area contributed by atoms with Crippen LogP contribution >= 0.6 is 0 Å². The monoisotopic (exact) mass is 209 g/mol. The smallest absolute Gasteiger partial charge is 0.0748 e. The molecule has 1 aromatic carbocycles. The molecule has 0 spiro atoms. The predicted octanol–water partition coefficient (Wildman–Crippen LogP) is 1.47. The zero-order valence-corrected chi connectivity index (χ0v) is 9.09. The third-order valence-corrected chi connectivity index (χ3v) is 4.49. The van der Waals surface area contributed by atoms with Crippen molar-refractivity contribution in [1.29, 1.82) is 0 Å². The maximum atomic E-state index is 11.9. The van der Waals surface area contributed by atoms with E-state index in [4.69, 9.17) is 0 Å². The average molecular weight is 209 g/mol. The van der Waals surface area contributed by atoms with Gasteiger partial charge in [0.15, 0.2) is 0 Å². The molecule has 14 heavy (non-hydrogen) atoms. The molecule has 0 bridgehead atoms. The fourth-order valence-electron chi connectivity index (χ4n) is 1.93. The first-order valence-electron chi connectivity index (χ1n) is 4.94. The second kappa shape index (κ2) is 4.24. The Hall–Kier alpha value is -0.670. The second-order valence-corrected chi connectivity index (χ2v) is 5.34. The van der Waals surface area contributed by atoms with Crippen LogP contribution in [-0.4, -0.2) is 22.5 Å². The van der Waals surface area contributed by atoms with E-state index in [1.54, 1.807) is 0 Å². The van der Waals surface area contributed by atoms with Crippen LogP contribution < -0.4 is 5.32 Å². The van der Waals surface area contributed by atoms with Crippen LogP contribution in [0, 0.1) is 0 Å². The molecule has 0 amide bonds. The van der Waals surface area contributed by atoms with E-state index in [1.807, 2.05) is 18.2 Å². The quantitative estimate of drug-likeness (QED) is 0.759. The second-order valence-electron chi connectivity index (χ2n) is 3.66. The van der Waals surface area contributed by atoms with Crippen molar-refractivity contribution in [2.45, 2.75) is 18.2 Å². The number of benzene rings is 1. The Morgan fingerprint density at radius 2 is 2.07 bits per heavy atom. The maximum Gasteiger partial charge on any atom is 0.0748 e. The van der Waals surface area contributed by atoms with E-state index in [1.165, 1.54) is 5.56 Å². The molecule has 3 unspecified atom stereocenters. The van der Waals surface area contributed by atoms with Gasteiger partial charge in [0.05, 0.1) is 5.25 Å². The van der Waals surface area contributed by atoms with Gasteiger partial charge in [-0.25, -0.2) is 0 Å². The van der Waals surface area contributed by atoms with Crippen molar-refractivity contribution >= 4 is 10.8 Å². The van der Waals surface area contributed by atoms with Gasteiger partial charge < -0.3 is 5.32 Å². The minimum Gasteiger partial charge on any atom is -0.312 e. The highest BCUT2D eigenvalue weighted by Gasteiger charge is 2.28. The van der Waals surface area contributed by atoms with Crippen molar-refractivity contribution in [3.8, 4) is 0 Å². The van der Waals surface area contributed by atoms with Crippen molar-refractivity contribution in [3.05, 3.63) is 35.9 Å². The summed E-state index contributed by atoms with van der Waals surface area (Å²) in [5.74, 6) is 0.768. The summed E-state index contributed by atoms with van der Waals surface area (Å²) in [7, 11) is -0.722. The Morgan fingerprint density at radius 3 is 2.71 bits per heavy atom. The molecular formula is C11H15NOS. The lowest BCUT2D eigenvalue weighted by Gasteiger charge is -2.29. The highest BCUT2D eigenvalue weighted by molar-refractivity contribution is 7.85. The van der Waals surface area contributed by atoms with E-state index in [0.717, 1.165) is 12.3 Å². The van der Waals surface area contributed by atoms with Crippen LogP contribution in [0.4, 0.5) is 0 Å². The summed E-state index contributed by atoms with van der Waals surface area (Å²) in [5.41, 5.74) is 1.19. The summed E-state index contributed by atoms with van der Waals surface area (Å²) < 4.78 is 11.9. The zero-order chi connectivity index (χ0) is 9.97. The van der Waals surface area contributed by atoms with Crippen LogP contribution in [0.1, 0.15) is 17.7 Å². The van der Waals surface area contributed by atoms with E-state index in [0.29, 0.717) is 6.04 Å². The Balaban J connectivity index is 2.27.